The number of aromatic nitrogens is 2. The van der Waals surface area contributed by atoms with Crippen LogP contribution in [0.4, 0.5) is 4.39 Å². The van der Waals surface area contributed by atoms with Gasteiger partial charge in [-0.05, 0) is 29.8 Å². The van der Waals surface area contributed by atoms with Gasteiger partial charge >= 0.3 is 0 Å². The lowest BCUT2D eigenvalue weighted by Gasteiger charge is -2.11. The second-order valence-electron chi connectivity index (χ2n) is 4.89. The number of hydrogen-bond donors (Lipinski definition) is 0. The van der Waals surface area contributed by atoms with E-state index in [0.717, 1.165) is 22.4 Å². The molecule has 0 aliphatic heterocycles. The average molecular weight is 368 g/mol. The van der Waals surface area contributed by atoms with E-state index in [1.165, 1.54) is 12.1 Å². The third-order valence-corrected chi connectivity index (χ3v) is 4.46. The lowest BCUT2D eigenvalue weighted by Crippen LogP contribution is -1.97. The minimum Gasteiger partial charge on any atom is -0.260 e. The van der Waals surface area contributed by atoms with Crippen LogP contribution in [-0.2, 0) is 6.42 Å². The molecule has 2 heterocycles. The van der Waals surface area contributed by atoms with Crippen molar-refractivity contribution in [3.05, 3.63) is 81.1 Å². The fourth-order valence-electron chi connectivity index (χ4n) is 2.29. The first-order valence-electron chi connectivity index (χ1n) is 6.74. The van der Waals surface area contributed by atoms with Crippen LogP contribution in [-0.4, -0.2) is 9.97 Å². The van der Waals surface area contributed by atoms with Gasteiger partial charge in [0.2, 0.25) is 0 Å². The maximum atomic E-state index is 13.6. The molecule has 3 rings (SSSR count). The quantitative estimate of drug-likeness (QED) is 0.544. The van der Waals surface area contributed by atoms with Crippen molar-refractivity contribution in [1.82, 2.24) is 9.97 Å². The van der Waals surface area contributed by atoms with E-state index in [9.17, 15) is 4.39 Å². The molecule has 0 N–H and O–H groups in total. The summed E-state index contributed by atoms with van der Waals surface area (Å²) in [6, 6.07) is 10.2. The van der Waals surface area contributed by atoms with Crippen LogP contribution < -0.4 is 0 Å². The van der Waals surface area contributed by atoms with Crippen molar-refractivity contribution >= 4 is 34.8 Å². The van der Waals surface area contributed by atoms with E-state index in [1.54, 1.807) is 24.5 Å². The fourth-order valence-corrected chi connectivity index (χ4v) is 2.78. The van der Waals surface area contributed by atoms with Gasteiger partial charge < -0.3 is 0 Å². The predicted molar refractivity (Wildman–Crippen MR) is 91.7 cm³/mol. The molecular formula is C17H10Cl3FN2. The zero-order valence-electron chi connectivity index (χ0n) is 11.7. The van der Waals surface area contributed by atoms with Gasteiger partial charge in [-0.1, -0.05) is 46.9 Å². The topological polar surface area (TPSA) is 25.8 Å². The maximum Gasteiger partial charge on any atom is 0.148 e. The Morgan fingerprint density at radius 3 is 2.52 bits per heavy atom. The largest absolute Gasteiger partial charge is 0.260 e. The normalized spacial score (nSPS) is 10.8. The summed E-state index contributed by atoms with van der Waals surface area (Å²) < 4.78 is 13.6. The van der Waals surface area contributed by atoms with Gasteiger partial charge in [-0.2, -0.15) is 0 Å². The Hall–Kier alpha value is -1.68. The number of rotatable bonds is 3. The fraction of sp³-hybridized carbons (Fsp3) is 0.0588. The molecule has 0 aliphatic rings. The minimum atomic E-state index is -0.452. The summed E-state index contributed by atoms with van der Waals surface area (Å²) in [7, 11) is 0. The highest BCUT2D eigenvalue weighted by atomic mass is 35.5. The van der Waals surface area contributed by atoms with Crippen LogP contribution in [0, 0.1) is 5.82 Å². The van der Waals surface area contributed by atoms with Gasteiger partial charge in [-0.15, -0.1) is 0 Å². The third kappa shape index (κ3) is 3.47. The van der Waals surface area contributed by atoms with Crippen LogP contribution in [0.25, 0.3) is 11.1 Å². The van der Waals surface area contributed by atoms with Gasteiger partial charge in [0.05, 0.1) is 15.7 Å². The van der Waals surface area contributed by atoms with Crippen molar-refractivity contribution in [3.8, 4) is 11.1 Å². The van der Waals surface area contributed by atoms with Gasteiger partial charge in [-0.3, -0.25) is 4.98 Å². The molecule has 0 saturated heterocycles. The summed E-state index contributed by atoms with van der Waals surface area (Å²) in [6.45, 7) is 0. The smallest absolute Gasteiger partial charge is 0.148 e. The average Bonchev–Trinajstić information content (AvgIpc) is 2.54. The first-order valence-corrected chi connectivity index (χ1v) is 7.88. The lowest BCUT2D eigenvalue weighted by atomic mass is 10.00. The molecule has 0 atom stereocenters. The van der Waals surface area contributed by atoms with Crippen molar-refractivity contribution < 1.29 is 4.39 Å². The van der Waals surface area contributed by atoms with Crippen LogP contribution in [0.3, 0.4) is 0 Å². The molecular weight excluding hydrogens is 358 g/mol. The number of hydrogen-bond acceptors (Lipinski definition) is 2. The predicted octanol–water partition coefficient (Wildman–Crippen LogP) is 5.83. The highest BCUT2D eigenvalue weighted by molar-refractivity contribution is 6.43. The number of benzene rings is 1. The first-order chi connectivity index (χ1) is 11.1. The van der Waals surface area contributed by atoms with Gasteiger partial charge in [0.1, 0.15) is 11.0 Å². The van der Waals surface area contributed by atoms with E-state index in [4.69, 9.17) is 34.8 Å². The van der Waals surface area contributed by atoms with Crippen LogP contribution in [0.15, 0.2) is 48.8 Å². The van der Waals surface area contributed by atoms with E-state index >= 15 is 0 Å². The molecule has 0 bridgehead atoms. The Morgan fingerprint density at radius 2 is 1.74 bits per heavy atom. The van der Waals surface area contributed by atoms with Crippen molar-refractivity contribution in [2.45, 2.75) is 6.42 Å². The monoisotopic (exact) mass is 366 g/mol. The zero-order chi connectivity index (χ0) is 16.4. The Kier molecular flexibility index (Phi) is 4.81. The Bertz CT molecular complexity index is 868. The molecule has 3 aromatic rings. The second kappa shape index (κ2) is 6.83. The van der Waals surface area contributed by atoms with E-state index in [-0.39, 0.29) is 10.2 Å². The summed E-state index contributed by atoms with van der Waals surface area (Å²) in [5.41, 5.74) is 3.10. The van der Waals surface area contributed by atoms with Crippen molar-refractivity contribution in [2.24, 2.45) is 0 Å². The summed E-state index contributed by atoms with van der Waals surface area (Å²) in [6.07, 6.45) is 3.71. The molecule has 0 radical (unpaired) electrons. The molecule has 1 aromatic carbocycles. The molecule has 0 unspecified atom stereocenters. The van der Waals surface area contributed by atoms with Crippen molar-refractivity contribution in [2.75, 3.05) is 0 Å². The Balaban J connectivity index is 2.04. The number of halogens is 4. The van der Waals surface area contributed by atoms with Gasteiger partial charge in [0, 0.05) is 29.9 Å². The van der Waals surface area contributed by atoms with Crippen LogP contribution in [0.2, 0.25) is 15.2 Å². The molecule has 0 aliphatic carbocycles. The highest BCUT2D eigenvalue weighted by Crippen LogP contribution is 2.34. The highest BCUT2D eigenvalue weighted by Gasteiger charge is 2.13. The summed E-state index contributed by atoms with van der Waals surface area (Å²) in [5.74, 6) is -0.452. The van der Waals surface area contributed by atoms with Crippen LogP contribution in [0.5, 0.6) is 0 Å². The molecule has 0 saturated carbocycles. The number of nitrogens with zero attached hydrogens (tertiary/aromatic N) is 2. The number of pyridine rings is 2. The van der Waals surface area contributed by atoms with Gasteiger partial charge in [0.25, 0.3) is 0 Å². The SMILES string of the molecule is Fc1cc(Cc2ncccc2-c2ccnc(Cl)c2Cl)ccc1Cl. The molecule has 0 amide bonds. The zero-order valence-corrected chi connectivity index (χ0v) is 14.0. The van der Waals surface area contributed by atoms with E-state index in [2.05, 4.69) is 9.97 Å². The Morgan fingerprint density at radius 1 is 0.913 bits per heavy atom. The van der Waals surface area contributed by atoms with Crippen LogP contribution >= 0.6 is 34.8 Å². The maximum absolute atomic E-state index is 13.6. The van der Waals surface area contributed by atoms with Crippen molar-refractivity contribution in [3.63, 3.8) is 0 Å². The lowest BCUT2D eigenvalue weighted by molar-refractivity contribution is 0.626. The second-order valence-corrected chi connectivity index (χ2v) is 6.03. The van der Waals surface area contributed by atoms with Gasteiger partial charge in [-0.25, -0.2) is 9.37 Å². The van der Waals surface area contributed by atoms with E-state index < -0.39 is 5.82 Å². The van der Waals surface area contributed by atoms with E-state index in [1.807, 2.05) is 12.1 Å². The molecule has 23 heavy (non-hydrogen) atoms. The summed E-state index contributed by atoms with van der Waals surface area (Å²) >= 11 is 18.0. The minimum absolute atomic E-state index is 0.0963. The molecule has 2 aromatic heterocycles. The summed E-state index contributed by atoms with van der Waals surface area (Å²) in [5, 5.41) is 0.696. The van der Waals surface area contributed by atoms with Crippen LogP contribution in [0.1, 0.15) is 11.3 Å². The molecule has 2 nitrogen and oxygen atoms in total. The van der Waals surface area contributed by atoms with Gasteiger partial charge in [0.15, 0.2) is 0 Å². The molecule has 6 heteroatoms. The first kappa shape index (κ1) is 16.2. The Labute approximate surface area is 147 Å². The van der Waals surface area contributed by atoms with E-state index in [0.29, 0.717) is 11.4 Å². The summed E-state index contributed by atoms with van der Waals surface area (Å²) in [4.78, 5) is 8.34. The third-order valence-electron chi connectivity index (χ3n) is 3.38. The molecule has 0 spiro atoms. The van der Waals surface area contributed by atoms with Crippen molar-refractivity contribution in [1.29, 1.82) is 0 Å². The molecule has 0 fully saturated rings. The molecule has 116 valence electrons. The standard InChI is InChI=1S/C17H10Cl3FN2/c18-13-4-3-10(8-14(13)21)9-15-11(2-1-6-22-15)12-5-7-23-17(20)16(12)19/h1-8H,9H2.